The molecule has 1 aliphatic rings. The molecule has 28 nitrogen and oxygen atoms in total. The van der Waals surface area contributed by atoms with E-state index in [1.165, 1.54) is 93.7 Å². The second kappa shape index (κ2) is 42.5. The number of carbonyl (C=O) groups is 13. The van der Waals surface area contributed by atoms with Crippen molar-refractivity contribution in [2.75, 3.05) is 12.3 Å². The fourth-order valence-electron chi connectivity index (χ4n) is 11.8. The number of rotatable bonds is 44. The van der Waals surface area contributed by atoms with E-state index in [1.807, 2.05) is 105 Å². The molecule has 1 aliphatic heterocycles. The Morgan fingerprint density at radius 3 is 0.963 bits per heavy atom. The fraction of sp³-hybridized carbons (Fsp3) is 0.709. The van der Waals surface area contributed by atoms with Crippen molar-refractivity contribution in [3.05, 3.63) is 48.3 Å². The van der Waals surface area contributed by atoms with Crippen molar-refractivity contribution in [1.82, 2.24) is 79.1 Å². The number of pyridine rings is 2. The first-order valence-corrected chi connectivity index (χ1v) is 40.9. The molecule has 2 aromatic rings. The van der Waals surface area contributed by atoms with Gasteiger partial charge in [-0.3, -0.25) is 72.3 Å². The molecule has 109 heavy (non-hydrogen) atoms. The van der Waals surface area contributed by atoms with Crippen molar-refractivity contribution in [1.29, 1.82) is 0 Å². The summed E-state index contributed by atoms with van der Waals surface area (Å²) in [5.74, 6) is -8.58. The summed E-state index contributed by atoms with van der Waals surface area (Å²) in [7, 11) is 3.86. The molecule has 1 unspecified atom stereocenters. The summed E-state index contributed by atoms with van der Waals surface area (Å²) < 4.78 is 0. The standard InChI is InChI=1S/C79H131N15O13S2/c1-45(2)38-55(83-61(95)51-32-36-81-54(44-51)53-31-27-29-34-80-53)62(96)90-75(15,16)69(103)85-57(40-47(5)6)64(98)92-77(19,20)71(105)87-59(42-49(9)10)66(100)94-79(23,24)73(107)88-60(43-50(11)12)67(101)93-78(21,22)72(106)86-58(41-48(7)8)65(99)91-76(17,18)70(104)84-56(39-46(3)4)63(97)89-74(13,14)68(102)82-35-28-25-26-30-52-33-37-108-109-52/h27,29,31-32,34,36,44-50,52,55-60H,25-26,28,30,33,35,37-43H2,1-24H3,(H,82,102)(H,83,95)(H,84,104)(H,85,103)(H,86,106)(H,87,105)(H,88,107)(H,89,97)(H,90,96)(H,91,99)(H,92,98)(H,93,101)(H,94,100)/t52?,55-,56-,57-,58-,59-,60-/m0/s1. The van der Waals surface area contributed by atoms with E-state index in [1.54, 1.807) is 44.3 Å². The van der Waals surface area contributed by atoms with Crippen molar-refractivity contribution < 1.29 is 62.3 Å². The lowest BCUT2D eigenvalue weighted by molar-refractivity contribution is -0.140. The van der Waals surface area contributed by atoms with Crippen LogP contribution >= 0.6 is 21.6 Å². The topological polar surface area (TPSA) is 404 Å². The number of nitrogens with one attached hydrogen (secondary N) is 13. The van der Waals surface area contributed by atoms with Gasteiger partial charge in [-0.25, -0.2) is 0 Å². The highest BCUT2D eigenvalue weighted by Gasteiger charge is 2.44. The zero-order chi connectivity index (χ0) is 82.9. The van der Waals surface area contributed by atoms with Gasteiger partial charge in [0.05, 0.1) is 11.4 Å². The number of carbonyl (C=O) groups excluding carboxylic acids is 13. The molecule has 0 bridgehead atoms. The molecular weight excluding hydrogens is 1430 g/mol. The first-order valence-electron chi connectivity index (χ1n) is 38.5. The summed E-state index contributed by atoms with van der Waals surface area (Å²) >= 11 is 0. The van der Waals surface area contributed by atoms with E-state index in [2.05, 4.69) is 79.1 Å². The Bertz CT molecular complexity index is 3440. The van der Waals surface area contributed by atoms with Gasteiger partial charge in [-0.15, -0.1) is 0 Å². The molecule has 0 radical (unpaired) electrons. The molecule has 0 saturated carbocycles. The lowest BCUT2D eigenvalue weighted by Gasteiger charge is -2.34. The van der Waals surface area contributed by atoms with Crippen molar-refractivity contribution in [3.63, 3.8) is 0 Å². The number of amides is 13. The van der Waals surface area contributed by atoms with Crippen LogP contribution in [0.5, 0.6) is 0 Å². The minimum absolute atomic E-state index is 0.0613. The Balaban J connectivity index is 1.71. The average Bonchev–Trinajstić information content (AvgIpc) is 1.77. The number of hydrogen-bond acceptors (Lipinski definition) is 17. The lowest BCUT2D eigenvalue weighted by Crippen LogP contribution is -2.66. The Hall–Kier alpha value is -7.89. The average molecular weight is 1560 g/mol. The molecule has 7 atom stereocenters. The van der Waals surface area contributed by atoms with E-state index < -0.39 is 140 Å². The zero-order valence-electron chi connectivity index (χ0n) is 69.3. The molecule has 2 aromatic heterocycles. The van der Waals surface area contributed by atoms with Gasteiger partial charge in [0.1, 0.15) is 69.5 Å². The van der Waals surface area contributed by atoms with Crippen LogP contribution in [0.2, 0.25) is 0 Å². The summed E-state index contributed by atoms with van der Waals surface area (Å²) in [6.07, 6.45) is 9.10. The van der Waals surface area contributed by atoms with E-state index in [-0.39, 0.29) is 85.5 Å². The summed E-state index contributed by atoms with van der Waals surface area (Å²) in [4.78, 5) is 192. The largest absolute Gasteiger partial charge is 0.354 e. The maximum absolute atomic E-state index is 14.4. The molecule has 13 N–H and O–H groups in total. The summed E-state index contributed by atoms with van der Waals surface area (Å²) in [5, 5.41) is 36.7. The molecule has 1 fully saturated rings. The maximum atomic E-state index is 14.4. The summed E-state index contributed by atoms with van der Waals surface area (Å²) in [6, 6.07) is 1.24. The molecule has 3 rings (SSSR count). The van der Waals surface area contributed by atoms with Crippen LogP contribution in [0.4, 0.5) is 0 Å². The highest BCUT2D eigenvalue weighted by atomic mass is 33.1. The van der Waals surface area contributed by atoms with Crippen molar-refractivity contribution in [2.45, 2.75) is 312 Å². The predicted molar refractivity (Wildman–Crippen MR) is 428 cm³/mol. The number of unbranched alkanes of at least 4 members (excludes halogenated alkanes) is 2. The van der Waals surface area contributed by atoms with Gasteiger partial charge in [0, 0.05) is 35.5 Å². The summed E-state index contributed by atoms with van der Waals surface area (Å²) in [5.41, 5.74) is -8.53. The zero-order valence-corrected chi connectivity index (χ0v) is 70.9. The number of hydrogen-bond donors (Lipinski definition) is 13. The number of nitrogens with zero attached hydrogens (tertiary/aromatic N) is 2. The Morgan fingerprint density at radius 1 is 0.376 bits per heavy atom. The van der Waals surface area contributed by atoms with Gasteiger partial charge in [0.15, 0.2) is 0 Å². The smallest absolute Gasteiger partial charge is 0.252 e. The van der Waals surface area contributed by atoms with E-state index >= 15 is 0 Å². The Labute approximate surface area is 655 Å². The van der Waals surface area contributed by atoms with Crippen molar-refractivity contribution >= 4 is 98.4 Å². The summed E-state index contributed by atoms with van der Waals surface area (Å²) in [6.45, 7) is 40.1. The van der Waals surface area contributed by atoms with E-state index in [4.69, 9.17) is 0 Å². The lowest BCUT2D eigenvalue weighted by atomic mass is 9.95. The van der Waals surface area contributed by atoms with Crippen LogP contribution in [0.25, 0.3) is 11.4 Å². The van der Waals surface area contributed by atoms with E-state index in [0.29, 0.717) is 23.2 Å². The molecule has 30 heteroatoms. The maximum Gasteiger partial charge on any atom is 0.252 e. The van der Waals surface area contributed by atoms with Crippen LogP contribution in [0.3, 0.4) is 0 Å². The van der Waals surface area contributed by atoms with Crippen LogP contribution in [0, 0.1) is 35.5 Å². The Kier molecular flexibility index (Phi) is 37.2. The van der Waals surface area contributed by atoms with Crippen LogP contribution in [0.15, 0.2) is 42.7 Å². The SMILES string of the molecule is CC(C)C[C@H](NC(=O)c1ccnc(-c2ccccn2)c1)C(=O)NC(C)(C)C(=O)N[C@@H](CC(C)C)C(=O)NC(C)(C)C(=O)N[C@@H](CC(C)C)C(=O)NC(C)(C)C(=O)N[C@@H](CC(C)C)C(=O)NC(C)(C)C(=O)N[C@@H](CC(C)C)C(=O)NC(C)(C)C(=O)N[C@@H](CC(C)C)C(=O)NC(C)(C)C(=O)NCCCCCC1CCSS1. The van der Waals surface area contributed by atoms with Crippen LogP contribution in [-0.4, -0.2) is 174 Å². The van der Waals surface area contributed by atoms with Crippen molar-refractivity contribution in [3.8, 4) is 11.4 Å². The number of aromatic nitrogens is 2. The van der Waals surface area contributed by atoms with Gasteiger partial charge in [0.2, 0.25) is 70.9 Å². The minimum atomic E-state index is -1.74. The fourth-order valence-corrected chi connectivity index (χ4v) is 14.8. The highest BCUT2D eigenvalue weighted by Crippen LogP contribution is 2.40. The molecular formula is C79H131N15O13S2. The van der Waals surface area contributed by atoms with E-state index in [0.717, 1.165) is 25.7 Å². The van der Waals surface area contributed by atoms with Crippen LogP contribution < -0.4 is 69.1 Å². The third-order valence-corrected chi connectivity index (χ3v) is 21.2. The molecule has 1 saturated heterocycles. The predicted octanol–water partition coefficient (Wildman–Crippen LogP) is 7.14. The van der Waals surface area contributed by atoms with Gasteiger partial charge in [-0.1, -0.05) is 124 Å². The molecule has 13 amide bonds. The van der Waals surface area contributed by atoms with Crippen LogP contribution in [0.1, 0.15) is 247 Å². The van der Waals surface area contributed by atoms with Gasteiger partial charge < -0.3 is 69.1 Å². The first-order chi connectivity index (χ1) is 50.3. The minimum Gasteiger partial charge on any atom is -0.354 e. The molecule has 3 heterocycles. The van der Waals surface area contributed by atoms with Gasteiger partial charge >= 0.3 is 0 Å². The second-order valence-corrected chi connectivity index (χ2v) is 37.5. The van der Waals surface area contributed by atoms with Gasteiger partial charge in [0.25, 0.3) is 5.91 Å². The molecule has 612 valence electrons. The third-order valence-electron chi connectivity index (χ3n) is 18.2. The third kappa shape index (κ3) is 32.5. The highest BCUT2D eigenvalue weighted by molar-refractivity contribution is 8.77. The first kappa shape index (κ1) is 95.3. The monoisotopic (exact) mass is 1560 g/mol. The van der Waals surface area contributed by atoms with Crippen molar-refractivity contribution in [2.24, 2.45) is 35.5 Å². The Morgan fingerprint density at radius 2 is 0.679 bits per heavy atom. The van der Waals surface area contributed by atoms with Gasteiger partial charge in [-0.05, 0) is 201 Å². The van der Waals surface area contributed by atoms with Crippen LogP contribution in [-0.2, 0) is 57.5 Å². The normalized spacial score (nSPS) is 15.3. The van der Waals surface area contributed by atoms with E-state index in [9.17, 15) is 62.3 Å². The quantitative estimate of drug-likeness (QED) is 0.0231. The second-order valence-electron chi connectivity index (χ2n) is 34.7. The molecule has 0 aliphatic carbocycles. The van der Waals surface area contributed by atoms with Gasteiger partial charge in [-0.2, -0.15) is 0 Å². The molecule has 0 spiro atoms. The molecule has 0 aromatic carbocycles.